The van der Waals surface area contributed by atoms with E-state index in [0.29, 0.717) is 17.0 Å². The molecule has 1 aliphatic rings. The fraction of sp³-hybridized carbons (Fsp3) is 0.333. The van der Waals surface area contributed by atoms with Crippen molar-refractivity contribution in [2.75, 3.05) is 13.7 Å². The van der Waals surface area contributed by atoms with Crippen molar-refractivity contribution in [2.24, 2.45) is 0 Å². The van der Waals surface area contributed by atoms with Crippen molar-refractivity contribution >= 4 is 11.7 Å². The average Bonchev–Trinajstić information content (AvgIpc) is 3.46. The van der Waals surface area contributed by atoms with Gasteiger partial charge in [-0.25, -0.2) is 9.78 Å². The highest BCUT2D eigenvalue weighted by Crippen LogP contribution is 2.42. The Morgan fingerprint density at radius 2 is 2.00 bits per heavy atom. The molecular formula is C18H18N2O5. The third kappa shape index (κ3) is 3.45. The molecule has 3 rings (SSSR count). The molecule has 1 aromatic carbocycles. The molecule has 0 spiro atoms. The lowest BCUT2D eigenvalue weighted by atomic mass is 10.0. The fourth-order valence-electron chi connectivity index (χ4n) is 2.65. The van der Waals surface area contributed by atoms with Crippen molar-refractivity contribution in [3.63, 3.8) is 0 Å². The SMILES string of the molecule is CCOC(=O)c1cc(C2CC2)nc(-c2ccc(OC)cc2)c1[N+](=O)[O-]. The van der Waals surface area contributed by atoms with Crippen LogP contribution in [0.2, 0.25) is 0 Å². The summed E-state index contributed by atoms with van der Waals surface area (Å²) in [5.74, 6) is 0.176. The zero-order chi connectivity index (χ0) is 18.0. The van der Waals surface area contributed by atoms with Gasteiger partial charge in [-0.15, -0.1) is 0 Å². The first kappa shape index (κ1) is 16.9. The van der Waals surface area contributed by atoms with Crippen molar-refractivity contribution in [3.05, 3.63) is 51.7 Å². The van der Waals surface area contributed by atoms with Gasteiger partial charge < -0.3 is 9.47 Å². The summed E-state index contributed by atoms with van der Waals surface area (Å²) in [5.41, 5.74) is 1.06. The van der Waals surface area contributed by atoms with Gasteiger partial charge in [0.05, 0.1) is 18.6 Å². The number of carbonyl (C=O) groups is 1. The van der Waals surface area contributed by atoms with E-state index in [2.05, 4.69) is 4.98 Å². The van der Waals surface area contributed by atoms with Crippen molar-refractivity contribution in [2.45, 2.75) is 25.7 Å². The Bertz CT molecular complexity index is 813. The highest BCUT2D eigenvalue weighted by molar-refractivity contribution is 5.97. The zero-order valence-electron chi connectivity index (χ0n) is 14.0. The molecule has 2 aromatic rings. The van der Waals surface area contributed by atoms with Crippen LogP contribution in [-0.4, -0.2) is 29.6 Å². The van der Waals surface area contributed by atoms with Crippen LogP contribution in [0.1, 0.15) is 41.7 Å². The normalized spacial score (nSPS) is 13.4. The molecule has 7 heteroatoms. The second kappa shape index (κ2) is 6.88. The third-order valence-corrected chi connectivity index (χ3v) is 4.05. The predicted octanol–water partition coefficient (Wildman–Crippen LogP) is 3.72. The second-order valence-corrected chi connectivity index (χ2v) is 5.77. The van der Waals surface area contributed by atoms with E-state index in [1.807, 2.05) is 0 Å². The van der Waals surface area contributed by atoms with Crippen molar-refractivity contribution < 1.29 is 19.2 Å². The van der Waals surface area contributed by atoms with E-state index in [4.69, 9.17) is 9.47 Å². The molecule has 1 saturated carbocycles. The van der Waals surface area contributed by atoms with E-state index in [-0.39, 0.29) is 29.5 Å². The van der Waals surface area contributed by atoms with Crippen LogP contribution < -0.4 is 4.74 Å². The summed E-state index contributed by atoms with van der Waals surface area (Å²) < 4.78 is 10.1. The summed E-state index contributed by atoms with van der Waals surface area (Å²) in [5, 5.41) is 11.7. The molecule has 0 aliphatic heterocycles. The molecule has 1 heterocycles. The van der Waals surface area contributed by atoms with Crippen LogP contribution in [0.5, 0.6) is 5.75 Å². The maximum atomic E-state index is 12.3. The number of aromatic nitrogens is 1. The maximum Gasteiger partial charge on any atom is 0.345 e. The van der Waals surface area contributed by atoms with E-state index in [1.54, 1.807) is 38.3 Å². The number of hydrogen-bond donors (Lipinski definition) is 0. The van der Waals surface area contributed by atoms with E-state index >= 15 is 0 Å². The van der Waals surface area contributed by atoms with Crippen LogP contribution in [0, 0.1) is 10.1 Å². The van der Waals surface area contributed by atoms with Crippen LogP contribution in [0.3, 0.4) is 0 Å². The summed E-state index contributed by atoms with van der Waals surface area (Å²) in [7, 11) is 1.54. The van der Waals surface area contributed by atoms with Crippen LogP contribution in [-0.2, 0) is 4.74 Å². The molecule has 0 bridgehead atoms. The van der Waals surface area contributed by atoms with Crippen LogP contribution in [0.15, 0.2) is 30.3 Å². The number of carbonyl (C=O) groups excluding carboxylic acids is 1. The van der Waals surface area contributed by atoms with E-state index in [9.17, 15) is 14.9 Å². The van der Waals surface area contributed by atoms with Gasteiger partial charge in [-0.2, -0.15) is 0 Å². The summed E-state index contributed by atoms with van der Waals surface area (Å²) in [6.45, 7) is 1.81. The number of pyridine rings is 1. The van der Waals surface area contributed by atoms with E-state index < -0.39 is 10.9 Å². The van der Waals surface area contributed by atoms with E-state index in [0.717, 1.165) is 12.8 Å². The number of nitrogens with zero attached hydrogens (tertiary/aromatic N) is 2. The summed E-state index contributed by atoms with van der Waals surface area (Å²) in [4.78, 5) is 27.9. The minimum atomic E-state index is -0.701. The Morgan fingerprint density at radius 3 is 2.52 bits per heavy atom. The molecule has 0 radical (unpaired) electrons. The highest BCUT2D eigenvalue weighted by atomic mass is 16.6. The van der Waals surface area contributed by atoms with Crippen molar-refractivity contribution in [1.29, 1.82) is 0 Å². The van der Waals surface area contributed by atoms with Crippen LogP contribution in [0.4, 0.5) is 5.69 Å². The smallest absolute Gasteiger partial charge is 0.345 e. The third-order valence-electron chi connectivity index (χ3n) is 4.05. The molecule has 1 fully saturated rings. The van der Waals surface area contributed by atoms with Gasteiger partial charge in [-0.05, 0) is 50.1 Å². The van der Waals surface area contributed by atoms with Gasteiger partial charge in [0.1, 0.15) is 17.0 Å². The Morgan fingerprint density at radius 1 is 1.32 bits per heavy atom. The molecule has 0 N–H and O–H groups in total. The lowest BCUT2D eigenvalue weighted by Crippen LogP contribution is -2.11. The molecule has 1 aliphatic carbocycles. The molecule has 25 heavy (non-hydrogen) atoms. The standard InChI is InChI=1S/C18H18N2O5/c1-3-25-18(21)14-10-15(11-4-5-11)19-16(17(14)20(22)23)12-6-8-13(24-2)9-7-12/h6-11H,3-5H2,1-2H3. The van der Waals surface area contributed by atoms with E-state index in [1.165, 1.54) is 6.07 Å². The molecule has 1 aromatic heterocycles. The summed E-state index contributed by atoms with van der Waals surface area (Å²) in [6, 6.07) is 8.30. The molecule has 0 saturated heterocycles. The molecular weight excluding hydrogens is 324 g/mol. The first-order chi connectivity index (χ1) is 12.0. The Labute approximate surface area is 144 Å². The monoisotopic (exact) mass is 342 g/mol. The largest absolute Gasteiger partial charge is 0.497 e. The lowest BCUT2D eigenvalue weighted by molar-refractivity contribution is -0.384. The van der Waals surface area contributed by atoms with Gasteiger partial charge in [0, 0.05) is 17.2 Å². The summed E-state index contributed by atoms with van der Waals surface area (Å²) in [6.07, 6.45) is 1.93. The Balaban J connectivity index is 2.19. The number of methoxy groups -OCH3 is 1. The lowest BCUT2D eigenvalue weighted by Gasteiger charge is -2.10. The van der Waals surface area contributed by atoms with Crippen LogP contribution >= 0.6 is 0 Å². The van der Waals surface area contributed by atoms with Crippen molar-refractivity contribution in [3.8, 4) is 17.0 Å². The number of nitro groups is 1. The molecule has 7 nitrogen and oxygen atoms in total. The van der Waals surface area contributed by atoms with Crippen molar-refractivity contribution in [1.82, 2.24) is 4.98 Å². The Hall–Kier alpha value is -2.96. The number of ether oxygens (including phenoxy) is 2. The first-order valence-corrected chi connectivity index (χ1v) is 8.06. The topological polar surface area (TPSA) is 91.6 Å². The quantitative estimate of drug-likeness (QED) is 0.451. The first-order valence-electron chi connectivity index (χ1n) is 8.06. The van der Waals surface area contributed by atoms with Gasteiger partial charge in [-0.3, -0.25) is 10.1 Å². The van der Waals surface area contributed by atoms with Gasteiger partial charge in [0.2, 0.25) is 0 Å². The Kier molecular flexibility index (Phi) is 4.65. The molecule has 130 valence electrons. The van der Waals surface area contributed by atoms with Gasteiger partial charge in [0.15, 0.2) is 0 Å². The number of hydrogen-bond acceptors (Lipinski definition) is 6. The summed E-state index contributed by atoms with van der Waals surface area (Å²) >= 11 is 0. The minimum absolute atomic E-state index is 0.0467. The second-order valence-electron chi connectivity index (χ2n) is 5.77. The maximum absolute atomic E-state index is 12.3. The molecule has 0 unspecified atom stereocenters. The van der Waals surface area contributed by atoms with Crippen LogP contribution in [0.25, 0.3) is 11.3 Å². The predicted molar refractivity (Wildman–Crippen MR) is 90.8 cm³/mol. The van der Waals surface area contributed by atoms with Gasteiger partial charge in [0.25, 0.3) is 0 Å². The fourth-order valence-corrected chi connectivity index (χ4v) is 2.65. The highest BCUT2D eigenvalue weighted by Gasteiger charge is 2.33. The number of benzene rings is 1. The number of esters is 1. The number of rotatable bonds is 6. The van der Waals surface area contributed by atoms with Gasteiger partial charge >= 0.3 is 11.7 Å². The zero-order valence-corrected chi connectivity index (χ0v) is 14.0. The molecule has 0 atom stereocenters. The minimum Gasteiger partial charge on any atom is -0.497 e. The average molecular weight is 342 g/mol. The molecule has 0 amide bonds. The van der Waals surface area contributed by atoms with Gasteiger partial charge in [-0.1, -0.05) is 0 Å².